The van der Waals surface area contributed by atoms with E-state index in [4.69, 9.17) is 4.74 Å². The maximum atomic E-state index is 14.8. The number of anilines is 2. The van der Waals surface area contributed by atoms with Gasteiger partial charge in [0, 0.05) is 18.8 Å². The molecule has 3 rings (SSSR count). The lowest BCUT2D eigenvalue weighted by atomic mass is 9.82. The fraction of sp³-hybridized carbons (Fsp3) is 0.650. The number of sulfonamides is 1. The Bertz CT molecular complexity index is 845. The maximum Gasteiger partial charge on any atom is 0.245 e. The number of rotatable bonds is 5. The Kier molecular flexibility index (Phi) is 6.50. The first-order valence-corrected chi connectivity index (χ1v) is 12.0. The number of morpholine rings is 1. The summed E-state index contributed by atoms with van der Waals surface area (Å²) >= 11 is 0. The summed E-state index contributed by atoms with van der Waals surface area (Å²) in [5.41, 5.74) is -0.409. The molecule has 2 fully saturated rings. The zero-order valence-electron chi connectivity index (χ0n) is 17.2. The summed E-state index contributed by atoms with van der Waals surface area (Å²) in [7, 11) is -3.56. The second kappa shape index (κ2) is 8.57. The van der Waals surface area contributed by atoms with Crippen molar-refractivity contribution in [3.05, 3.63) is 24.0 Å². The van der Waals surface area contributed by atoms with Gasteiger partial charge in [-0.1, -0.05) is 19.3 Å². The standard InChI is InChI=1S/C20H30FN3O4S/c1-14-12-24(13-15(2)28-14)18-8-7-16(11-17(18)21)22-19(25)20(23-29(3,26)27)9-5-4-6-10-20/h7-8,11,14-15,23H,4-6,9-10,12-13H2,1-3H3,(H,22,25)/t14-,15+. The van der Waals surface area contributed by atoms with Crippen LogP contribution in [0, 0.1) is 5.82 Å². The third-order valence-corrected chi connectivity index (χ3v) is 6.25. The van der Waals surface area contributed by atoms with E-state index in [1.807, 2.05) is 18.7 Å². The summed E-state index contributed by atoms with van der Waals surface area (Å²) in [4.78, 5) is 14.9. The molecule has 1 amide bonds. The molecule has 2 atom stereocenters. The van der Waals surface area contributed by atoms with Gasteiger partial charge in [-0.05, 0) is 44.9 Å². The number of ether oxygens (including phenoxy) is 1. The molecular formula is C20H30FN3O4S. The number of hydrogen-bond donors (Lipinski definition) is 2. The lowest BCUT2D eigenvalue weighted by Crippen LogP contribution is -2.57. The number of hydrogen-bond acceptors (Lipinski definition) is 5. The van der Waals surface area contributed by atoms with Crippen LogP contribution in [-0.4, -0.2) is 51.4 Å². The van der Waals surface area contributed by atoms with Gasteiger partial charge in [0.25, 0.3) is 0 Å². The van der Waals surface area contributed by atoms with Crippen LogP contribution < -0.4 is 14.9 Å². The molecule has 0 radical (unpaired) electrons. The molecule has 9 heteroatoms. The fourth-order valence-corrected chi connectivity index (χ4v) is 5.36. The second-order valence-corrected chi connectivity index (χ2v) is 10.0. The molecule has 1 saturated carbocycles. The number of benzene rings is 1. The maximum absolute atomic E-state index is 14.8. The van der Waals surface area contributed by atoms with Crippen molar-refractivity contribution in [3.63, 3.8) is 0 Å². The van der Waals surface area contributed by atoms with Crippen LogP contribution in [-0.2, 0) is 19.6 Å². The highest BCUT2D eigenvalue weighted by Gasteiger charge is 2.42. The molecular weight excluding hydrogens is 397 g/mol. The lowest BCUT2D eigenvalue weighted by molar-refractivity contribution is -0.122. The number of carbonyl (C=O) groups is 1. The average molecular weight is 428 g/mol. The number of halogens is 1. The van der Waals surface area contributed by atoms with Crippen LogP contribution in [0.5, 0.6) is 0 Å². The minimum atomic E-state index is -3.56. The van der Waals surface area contributed by atoms with Crippen molar-refractivity contribution in [1.29, 1.82) is 0 Å². The predicted octanol–water partition coefficient (Wildman–Crippen LogP) is 2.63. The van der Waals surface area contributed by atoms with Crippen molar-refractivity contribution in [1.82, 2.24) is 4.72 Å². The van der Waals surface area contributed by atoms with Crippen molar-refractivity contribution < 1.29 is 22.3 Å². The minimum absolute atomic E-state index is 0.00533. The zero-order chi connectivity index (χ0) is 21.2. The summed E-state index contributed by atoms with van der Waals surface area (Å²) in [6.07, 6.45) is 4.39. The smallest absolute Gasteiger partial charge is 0.245 e. The van der Waals surface area contributed by atoms with E-state index >= 15 is 0 Å². The summed E-state index contributed by atoms with van der Waals surface area (Å²) in [5, 5.41) is 2.71. The topological polar surface area (TPSA) is 87.7 Å². The first kappa shape index (κ1) is 22.0. The Hall–Kier alpha value is -1.71. The van der Waals surface area contributed by atoms with Crippen LogP contribution in [0.15, 0.2) is 18.2 Å². The molecule has 7 nitrogen and oxygen atoms in total. The van der Waals surface area contributed by atoms with Crippen LogP contribution >= 0.6 is 0 Å². The van der Waals surface area contributed by atoms with Gasteiger partial charge < -0.3 is 15.0 Å². The van der Waals surface area contributed by atoms with E-state index in [2.05, 4.69) is 10.0 Å². The predicted molar refractivity (Wildman–Crippen MR) is 111 cm³/mol. The van der Waals surface area contributed by atoms with Gasteiger partial charge in [0.1, 0.15) is 11.4 Å². The third-order valence-electron chi connectivity index (χ3n) is 5.49. The summed E-state index contributed by atoms with van der Waals surface area (Å²) in [6.45, 7) is 5.09. The normalized spacial score (nSPS) is 24.9. The number of nitrogens with one attached hydrogen (secondary N) is 2. The van der Waals surface area contributed by atoms with Crippen molar-refractivity contribution in [2.24, 2.45) is 0 Å². The van der Waals surface area contributed by atoms with E-state index in [0.29, 0.717) is 37.3 Å². The van der Waals surface area contributed by atoms with Gasteiger partial charge in [-0.25, -0.2) is 12.8 Å². The van der Waals surface area contributed by atoms with Crippen molar-refractivity contribution in [3.8, 4) is 0 Å². The highest BCUT2D eigenvalue weighted by Crippen LogP contribution is 2.31. The van der Waals surface area contributed by atoms with E-state index in [1.165, 1.54) is 6.07 Å². The highest BCUT2D eigenvalue weighted by atomic mass is 32.2. The molecule has 162 valence electrons. The first-order chi connectivity index (χ1) is 13.6. The molecule has 1 aliphatic heterocycles. The van der Waals surface area contributed by atoms with Gasteiger partial charge >= 0.3 is 0 Å². The molecule has 29 heavy (non-hydrogen) atoms. The van der Waals surface area contributed by atoms with E-state index in [9.17, 15) is 17.6 Å². The molecule has 1 saturated heterocycles. The Morgan fingerprint density at radius 1 is 1.17 bits per heavy atom. The van der Waals surface area contributed by atoms with Crippen LogP contribution in [0.4, 0.5) is 15.8 Å². The van der Waals surface area contributed by atoms with E-state index < -0.39 is 27.3 Å². The Balaban J connectivity index is 1.77. The lowest BCUT2D eigenvalue weighted by Gasteiger charge is -2.37. The highest BCUT2D eigenvalue weighted by molar-refractivity contribution is 7.88. The van der Waals surface area contributed by atoms with Gasteiger partial charge in [-0.2, -0.15) is 4.72 Å². The molecule has 2 aliphatic rings. The molecule has 1 heterocycles. The van der Waals surface area contributed by atoms with Gasteiger partial charge in [-0.3, -0.25) is 4.79 Å². The molecule has 1 aromatic rings. The van der Waals surface area contributed by atoms with Gasteiger partial charge in [0.15, 0.2) is 0 Å². The van der Waals surface area contributed by atoms with Crippen LogP contribution in [0.1, 0.15) is 46.0 Å². The molecule has 2 N–H and O–H groups in total. The van der Waals surface area contributed by atoms with Crippen LogP contribution in [0.3, 0.4) is 0 Å². The molecule has 0 unspecified atom stereocenters. The zero-order valence-corrected chi connectivity index (χ0v) is 18.0. The van der Waals surface area contributed by atoms with Crippen LogP contribution in [0.2, 0.25) is 0 Å². The number of amides is 1. The molecule has 1 aromatic carbocycles. The summed E-state index contributed by atoms with van der Waals surface area (Å²) in [5.74, 6) is -0.874. The van der Waals surface area contributed by atoms with Gasteiger partial charge in [0.2, 0.25) is 15.9 Å². The van der Waals surface area contributed by atoms with Crippen LogP contribution in [0.25, 0.3) is 0 Å². The SMILES string of the molecule is C[C@@H]1CN(c2ccc(NC(=O)C3(NS(C)(=O)=O)CCCCC3)cc2F)C[C@H](C)O1. The quantitative estimate of drug-likeness (QED) is 0.754. The first-order valence-electron chi connectivity index (χ1n) is 10.1. The van der Waals surface area contributed by atoms with E-state index in [0.717, 1.165) is 25.5 Å². The largest absolute Gasteiger partial charge is 0.372 e. The summed E-state index contributed by atoms with van der Waals surface area (Å²) < 4.78 is 46.7. The van der Waals surface area contributed by atoms with Crippen molar-refractivity contribution >= 4 is 27.3 Å². The third kappa shape index (κ3) is 5.46. The summed E-state index contributed by atoms with van der Waals surface area (Å²) in [6, 6.07) is 4.58. The van der Waals surface area contributed by atoms with Gasteiger partial charge in [-0.15, -0.1) is 0 Å². The minimum Gasteiger partial charge on any atom is -0.372 e. The molecule has 0 spiro atoms. The Morgan fingerprint density at radius 3 is 2.34 bits per heavy atom. The fourth-order valence-electron chi connectivity index (χ4n) is 4.35. The van der Waals surface area contributed by atoms with E-state index in [-0.39, 0.29) is 12.2 Å². The monoisotopic (exact) mass is 427 g/mol. The Morgan fingerprint density at radius 2 is 1.79 bits per heavy atom. The average Bonchev–Trinajstić information content (AvgIpc) is 2.60. The van der Waals surface area contributed by atoms with Crippen molar-refractivity contribution in [2.45, 2.75) is 63.7 Å². The number of nitrogens with zero attached hydrogens (tertiary/aromatic N) is 1. The van der Waals surface area contributed by atoms with Gasteiger partial charge in [0.05, 0.1) is 24.2 Å². The molecule has 1 aliphatic carbocycles. The Labute approximate surface area is 172 Å². The molecule has 0 aromatic heterocycles. The molecule has 0 bridgehead atoms. The second-order valence-electron chi connectivity index (χ2n) is 8.30. The van der Waals surface area contributed by atoms with E-state index in [1.54, 1.807) is 12.1 Å². The number of carbonyl (C=O) groups excluding carboxylic acids is 1. The van der Waals surface area contributed by atoms with Crippen molar-refractivity contribution in [2.75, 3.05) is 29.6 Å².